The number of primary sulfonamides is 1. The molecule has 4 N–H and O–H groups in total. The number of nitrogens with one attached hydrogen (secondary N) is 1. The molecule has 0 aliphatic heterocycles. The molecular weight excluding hydrogens is 574 g/mol. The molecule has 0 aromatic heterocycles. The van der Waals surface area contributed by atoms with Crippen LogP contribution in [-0.2, 0) is 35.1 Å². The maximum atomic E-state index is 11.8. The van der Waals surface area contributed by atoms with Gasteiger partial charge in [0, 0.05) is 12.3 Å². The van der Waals surface area contributed by atoms with Crippen molar-refractivity contribution in [1.82, 2.24) is 0 Å². The molecule has 0 radical (unpaired) electrons. The van der Waals surface area contributed by atoms with E-state index in [1.165, 1.54) is 0 Å². The van der Waals surface area contributed by atoms with Crippen molar-refractivity contribution in [3.05, 3.63) is 42.5 Å². The second kappa shape index (κ2) is 12.1. The number of nitrogens with two attached hydrogens (primary N) is 1. The minimum absolute atomic E-state index is 0. The van der Waals surface area contributed by atoms with Crippen LogP contribution in [0.15, 0.2) is 67.4 Å². The van der Waals surface area contributed by atoms with Crippen LogP contribution in [0.3, 0.4) is 0 Å². The largest absolute Gasteiger partial charge is 1.00 e. The number of carbonyl (C=O) groups excluding carboxylic acids is 1. The molecule has 0 spiro atoms. The summed E-state index contributed by atoms with van der Waals surface area (Å²) in [7, 11) is -14.5. The van der Waals surface area contributed by atoms with Gasteiger partial charge in [-0.1, -0.05) is 0 Å². The summed E-state index contributed by atoms with van der Waals surface area (Å²) < 4.78 is 93.0. The van der Waals surface area contributed by atoms with Crippen molar-refractivity contribution >= 4 is 64.0 Å². The van der Waals surface area contributed by atoms with Gasteiger partial charge in [0.1, 0.15) is 25.9 Å². The summed E-state index contributed by atoms with van der Waals surface area (Å²) >= 11 is 0. The number of hydrogen-bond acceptors (Lipinski definition) is 12. The number of phenolic OH excluding ortho intramolecular Hbond substituents is 1. The van der Waals surface area contributed by atoms with Crippen LogP contribution in [0.2, 0.25) is 0 Å². The second-order valence-electron chi connectivity index (χ2n) is 6.97. The van der Waals surface area contributed by atoms with E-state index in [0.717, 1.165) is 37.3 Å². The Morgan fingerprint density at radius 3 is 1.86 bits per heavy atom. The molecule has 0 heterocycles. The standard InChI is InChI=1S/C18H16N4O10S3.2Na/c1-9(23)20-14-8-13-10(6-15(14)34(27,28)29)7-16(35(30,31)32)17(18(13)24)22-21-11-2-4-12(5-3-11)33(19,25)26;;/h2-8,24H,1H3,(H,20,23)(H2,19,25,26)(H,27,28,29)(H,30,31,32);;/q;2*+1/p-2/b22-21+;;. The van der Waals surface area contributed by atoms with E-state index in [1.54, 1.807) is 0 Å². The topological polar surface area (TPSA) is 249 Å². The van der Waals surface area contributed by atoms with E-state index in [4.69, 9.17) is 5.14 Å². The third-order valence-corrected chi connectivity index (χ3v) is 7.09. The maximum absolute atomic E-state index is 11.8. The zero-order valence-electron chi connectivity index (χ0n) is 19.4. The van der Waals surface area contributed by atoms with E-state index >= 15 is 0 Å². The van der Waals surface area contributed by atoms with Crippen molar-refractivity contribution in [1.29, 1.82) is 0 Å². The monoisotopic (exact) mass is 588 g/mol. The van der Waals surface area contributed by atoms with Gasteiger partial charge in [-0.05, 0) is 47.9 Å². The first-order valence-corrected chi connectivity index (χ1v) is 13.4. The fraction of sp³-hybridized carbons (Fsp3) is 0.0556. The van der Waals surface area contributed by atoms with Crippen LogP contribution in [0.4, 0.5) is 17.1 Å². The predicted molar refractivity (Wildman–Crippen MR) is 118 cm³/mol. The molecule has 1 amide bonds. The van der Waals surface area contributed by atoms with Gasteiger partial charge in [-0.15, -0.1) is 5.11 Å². The number of anilines is 1. The summed E-state index contributed by atoms with van der Waals surface area (Å²) in [5.41, 5.74) is -1.35. The molecule has 3 aromatic rings. The third kappa shape index (κ3) is 8.01. The zero-order chi connectivity index (χ0) is 26.3. The smallest absolute Gasteiger partial charge is 0.744 e. The minimum atomic E-state index is -5.31. The SMILES string of the molecule is CC(=O)Nc1cc2c(O)c(/N=N/c3ccc(S(N)(=O)=O)cc3)c(S(=O)(=O)[O-])cc2cc1S(=O)(=O)[O-].[Na+].[Na+]. The molecule has 0 aliphatic carbocycles. The molecule has 19 heteroatoms. The van der Waals surface area contributed by atoms with Crippen LogP contribution in [0, 0.1) is 0 Å². The molecule has 186 valence electrons. The molecule has 0 fully saturated rings. The van der Waals surface area contributed by atoms with Crippen LogP contribution in [0.5, 0.6) is 5.75 Å². The Balaban J connectivity index is 0.00000342. The van der Waals surface area contributed by atoms with Crippen LogP contribution in [0.1, 0.15) is 6.92 Å². The molecule has 3 aromatic carbocycles. The number of carbonyl (C=O) groups is 1. The van der Waals surface area contributed by atoms with Crippen molar-refractivity contribution in [3.8, 4) is 5.75 Å². The van der Waals surface area contributed by atoms with Gasteiger partial charge in [-0.25, -0.2) is 30.4 Å². The molecule has 3 rings (SSSR count). The maximum Gasteiger partial charge on any atom is 1.00 e. The fourth-order valence-electron chi connectivity index (χ4n) is 2.97. The Labute approximate surface area is 255 Å². The van der Waals surface area contributed by atoms with Gasteiger partial charge in [-0.3, -0.25) is 4.79 Å². The van der Waals surface area contributed by atoms with Gasteiger partial charge < -0.3 is 19.5 Å². The van der Waals surface area contributed by atoms with Crippen LogP contribution < -0.4 is 69.6 Å². The van der Waals surface area contributed by atoms with Crippen LogP contribution in [0.25, 0.3) is 10.8 Å². The normalized spacial score (nSPS) is 12.1. The van der Waals surface area contributed by atoms with Crippen LogP contribution in [-0.4, -0.2) is 45.4 Å². The van der Waals surface area contributed by atoms with E-state index in [1.807, 2.05) is 0 Å². The van der Waals surface area contributed by atoms with E-state index in [9.17, 15) is 44.3 Å². The third-order valence-electron chi connectivity index (χ3n) is 4.43. The molecule has 0 aliphatic rings. The van der Waals surface area contributed by atoms with E-state index in [-0.39, 0.29) is 80.5 Å². The van der Waals surface area contributed by atoms with Crippen molar-refractivity contribution < 1.29 is 103 Å². The average Bonchev–Trinajstić information content (AvgIpc) is 2.70. The quantitative estimate of drug-likeness (QED) is 0.141. The summed E-state index contributed by atoms with van der Waals surface area (Å²) in [6.45, 7) is 1.03. The minimum Gasteiger partial charge on any atom is -0.744 e. The number of rotatable bonds is 6. The Morgan fingerprint density at radius 2 is 1.41 bits per heavy atom. The number of phenols is 1. The summed E-state index contributed by atoms with van der Waals surface area (Å²) in [4.78, 5) is 9.17. The summed E-state index contributed by atoms with van der Waals surface area (Å²) in [6.07, 6.45) is 0. The molecule has 0 saturated carbocycles. The van der Waals surface area contributed by atoms with Gasteiger partial charge in [0.15, 0.2) is 5.75 Å². The molecule has 37 heavy (non-hydrogen) atoms. The Kier molecular flexibility index (Phi) is 11.0. The molecule has 0 bridgehead atoms. The van der Waals surface area contributed by atoms with E-state index in [0.29, 0.717) is 12.1 Å². The number of amides is 1. The summed E-state index contributed by atoms with van der Waals surface area (Å²) in [6, 6.07) is 6.74. The van der Waals surface area contributed by atoms with Crippen molar-refractivity contribution in [2.75, 3.05) is 5.32 Å². The Morgan fingerprint density at radius 1 is 0.892 bits per heavy atom. The molecule has 0 atom stereocenters. The number of hydrogen-bond donors (Lipinski definition) is 3. The van der Waals surface area contributed by atoms with Crippen LogP contribution >= 0.6 is 0 Å². The number of azo groups is 1. The molecule has 0 saturated heterocycles. The van der Waals surface area contributed by atoms with Gasteiger partial charge >= 0.3 is 59.1 Å². The number of aromatic hydroxyl groups is 1. The van der Waals surface area contributed by atoms with E-state index in [2.05, 4.69) is 15.5 Å². The van der Waals surface area contributed by atoms with Gasteiger partial charge in [-0.2, -0.15) is 5.11 Å². The number of sulfonamides is 1. The number of nitrogens with zero attached hydrogens (tertiary/aromatic N) is 2. The van der Waals surface area contributed by atoms with Gasteiger partial charge in [0.2, 0.25) is 15.9 Å². The molecule has 14 nitrogen and oxygen atoms in total. The zero-order valence-corrected chi connectivity index (χ0v) is 25.8. The van der Waals surface area contributed by atoms with Crippen molar-refractivity contribution in [2.24, 2.45) is 15.4 Å². The first kappa shape index (κ1) is 33.5. The predicted octanol–water partition coefficient (Wildman–Crippen LogP) is -4.62. The van der Waals surface area contributed by atoms with E-state index < -0.39 is 63.1 Å². The fourth-order valence-corrected chi connectivity index (χ4v) is 4.78. The summed E-state index contributed by atoms with van der Waals surface area (Å²) in [5, 5.41) is 24.5. The van der Waals surface area contributed by atoms with Gasteiger partial charge in [0.25, 0.3) is 0 Å². The number of benzene rings is 3. The van der Waals surface area contributed by atoms with Crippen molar-refractivity contribution in [2.45, 2.75) is 21.6 Å². The Hall–Kier alpha value is -1.48. The number of fused-ring (bicyclic) bond motifs is 1. The Bertz CT molecular complexity index is 1730. The second-order valence-corrected chi connectivity index (χ2v) is 11.2. The van der Waals surface area contributed by atoms with Gasteiger partial charge in [0.05, 0.1) is 26.1 Å². The first-order valence-electron chi connectivity index (χ1n) is 9.06. The first-order chi connectivity index (χ1) is 16.0. The molecular formula is C18H14N4Na2O10S3. The van der Waals surface area contributed by atoms with Crippen molar-refractivity contribution in [3.63, 3.8) is 0 Å². The summed E-state index contributed by atoms with van der Waals surface area (Å²) in [5.74, 6) is -1.68. The molecule has 0 unspecified atom stereocenters. The average molecular weight is 589 g/mol.